The molecule has 2 aliphatic rings. The van der Waals surface area contributed by atoms with Crippen molar-refractivity contribution in [2.24, 2.45) is 0 Å². The number of nitrogens with one attached hydrogen (secondary N) is 1. The van der Waals surface area contributed by atoms with Gasteiger partial charge in [-0.25, -0.2) is 0 Å². The molecular formula is C16H23N7O2. The third-order valence-electron chi connectivity index (χ3n) is 4.99. The number of nitrogens with zero attached hydrogens (tertiary/aromatic N) is 6. The third-order valence-corrected chi connectivity index (χ3v) is 4.99. The molecule has 2 aromatic heterocycles. The van der Waals surface area contributed by atoms with Crippen molar-refractivity contribution < 1.29 is 9.53 Å². The number of ether oxygens (including phenoxy) is 1. The number of rotatable bonds is 4. The number of carbonyl (C=O) groups excluding carboxylic acids is 1. The quantitative estimate of drug-likeness (QED) is 0.865. The summed E-state index contributed by atoms with van der Waals surface area (Å²) in [7, 11) is 1.65. The first kappa shape index (κ1) is 16.2. The van der Waals surface area contributed by atoms with Crippen molar-refractivity contribution in [3.63, 3.8) is 0 Å². The Labute approximate surface area is 145 Å². The number of amides is 1. The van der Waals surface area contributed by atoms with Gasteiger partial charge in [-0.1, -0.05) is 0 Å². The van der Waals surface area contributed by atoms with Gasteiger partial charge in [-0.15, -0.1) is 20.4 Å². The molecule has 4 heterocycles. The molecule has 0 saturated heterocycles. The average molecular weight is 345 g/mol. The molecule has 9 heteroatoms. The van der Waals surface area contributed by atoms with Crippen molar-refractivity contribution in [1.82, 2.24) is 34.8 Å². The van der Waals surface area contributed by atoms with Crippen LogP contribution in [0.15, 0.2) is 0 Å². The predicted octanol–water partition coefficient (Wildman–Crippen LogP) is 0.487. The number of aromatic nitrogens is 6. The summed E-state index contributed by atoms with van der Waals surface area (Å²) in [6, 6.07) is 0.0983. The van der Waals surface area contributed by atoms with Gasteiger partial charge in [0, 0.05) is 39.1 Å². The van der Waals surface area contributed by atoms with E-state index < -0.39 is 0 Å². The number of aryl methyl sites for hydroxylation is 2. The minimum atomic E-state index is -0.125. The molecule has 0 radical (unpaired) electrons. The highest BCUT2D eigenvalue weighted by Gasteiger charge is 2.25. The standard InChI is InChI=1S/C16H23N7O2/c1-25-10-14-20-18-13-6-5-11(7-9-22(13)14)17-16(24)15-21-19-12-4-2-3-8-23(12)15/h11H,2-10H2,1H3,(H,17,24). The molecule has 0 spiro atoms. The summed E-state index contributed by atoms with van der Waals surface area (Å²) in [5, 5.41) is 19.8. The molecule has 1 unspecified atom stereocenters. The Balaban J connectivity index is 1.42. The second-order valence-electron chi connectivity index (χ2n) is 6.66. The molecule has 2 aliphatic heterocycles. The van der Waals surface area contributed by atoms with Gasteiger partial charge < -0.3 is 19.2 Å². The molecule has 0 aromatic carbocycles. The highest BCUT2D eigenvalue weighted by atomic mass is 16.5. The minimum Gasteiger partial charge on any atom is -0.377 e. The number of fused-ring (bicyclic) bond motifs is 2. The maximum atomic E-state index is 12.6. The Morgan fingerprint density at radius 1 is 1.08 bits per heavy atom. The highest BCUT2D eigenvalue weighted by Crippen LogP contribution is 2.17. The lowest BCUT2D eigenvalue weighted by Gasteiger charge is -2.18. The molecule has 9 nitrogen and oxygen atoms in total. The van der Waals surface area contributed by atoms with Gasteiger partial charge in [0.1, 0.15) is 18.3 Å². The lowest BCUT2D eigenvalue weighted by Crippen LogP contribution is -2.37. The zero-order valence-corrected chi connectivity index (χ0v) is 14.4. The fourth-order valence-electron chi connectivity index (χ4n) is 3.65. The second kappa shape index (κ2) is 6.91. The first-order chi connectivity index (χ1) is 12.3. The van der Waals surface area contributed by atoms with Gasteiger partial charge in [-0.2, -0.15) is 0 Å². The van der Waals surface area contributed by atoms with E-state index in [9.17, 15) is 4.79 Å². The smallest absolute Gasteiger partial charge is 0.289 e. The van der Waals surface area contributed by atoms with Crippen LogP contribution in [0.1, 0.15) is 53.8 Å². The molecule has 25 heavy (non-hydrogen) atoms. The summed E-state index contributed by atoms with van der Waals surface area (Å²) >= 11 is 0. The van der Waals surface area contributed by atoms with Crippen molar-refractivity contribution in [2.45, 2.75) is 64.3 Å². The molecule has 0 bridgehead atoms. The topological polar surface area (TPSA) is 99.8 Å². The zero-order chi connectivity index (χ0) is 17.2. The van der Waals surface area contributed by atoms with Crippen LogP contribution >= 0.6 is 0 Å². The van der Waals surface area contributed by atoms with Crippen LogP contribution in [0, 0.1) is 0 Å². The van der Waals surface area contributed by atoms with Crippen LogP contribution in [0.4, 0.5) is 0 Å². The lowest BCUT2D eigenvalue weighted by atomic mass is 10.1. The highest BCUT2D eigenvalue weighted by molar-refractivity contribution is 5.90. The van der Waals surface area contributed by atoms with E-state index in [2.05, 4.69) is 30.3 Å². The van der Waals surface area contributed by atoms with Crippen molar-refractivity contribution in [3.05, 3.63) is 23.3 Å². The molecule has 1 amide bonds. The molecule has 0 aliphatic carbocycles. The van der Waals surface area contributed by atoms with Crippen LogP contribution < -0.4 is 5.32 Å². The first-order valence-electron chi connectivity index (χ1n) is 8.89. The number of carbonyl (C=O) groups is 1. The molecule has 0 saturated carbocycles. The number of methoxy groups -OCH3 is 1. The Hall–Kier alpha value is -2.29. The lowest BCUT2D eigenvalue weighted by molar-refractivity contribution is 0.0916. The number of hydrogen-bond acceptors (Lipinski definition) is 6. The zero-order valence-electron chi connectivity index (χ0n) is 14.4. The third kappa shape index (κ3) is 3.15. The second-order valence-corrected chi connectivity index (χ2v) is 6.66. The van der Waals surface area contributed by atoms with Crippen LogP contribution in [0.3, 0.4) is 0 Å². The maximum Gasteiger partial charge on any atom is 0.289 e. The normalized spacial score (nSPS) is 19.8. The van der Waals surface area contributed by atoms with E-state index in [1.807, 2.05) is 4.57 Å². The average Bonchev–Trinajstić information content (AvgIpc) is 3.16. The van der Waals surface area contributed by atoms with E-state index in [0.717, 1.165) is 69.1 Å². The van der Waals surface area contributed by atoms with Crippen LogP contribution in [-0.4, -0.2) is 48.6 Å². The Kier molecular flexibility index (Phi) is 4.48. The summed E-state index contributed by atoms with van der Waals surface area (Å²) in [5.41, 5.74) is 0. The van der Waals surface area contributed by atoms with Gasteiger partial charge in [0.05, 0.1) is 0 Å². The molecule has 1 atom stereocenters. The van der Waals surface area contributed by atoms with E-state index >= 15 is 0 Å². The summed E-state index contributed by atoms with van der Waals surface area (Å²) in [6.07, 6.45) is 5.57. The summed E-state index contributed by atoms with van der Waals surface area (Å²) < 4.78 is 9.24. The van der Waals surface area contributed by atoms with Crippen LogP contribution in [0.5, 0.6) is 0 Å². The summed E-state index contributed by atoms with van der Waals surface area (Å²) in [4.78, 5) is 12.6. The van der Waals surface area contributed by atoms with Crippen molar-refractivity contribution in [2.75, 3.05) is 7.11 Å². The SMILES string of the molecule is COCc1nnc2n1CCC(NC(=O)c1nnc3n1CCCC3)CC2. The van der Waals surface area contributed by atoms with E-state index in [0.29, 0.717) is 12.4 Å². The minimum absolute atomic E-state index is 0.0983. The Bertz CT molecular complexity index is 767. The molecule has 2 aromatic rings. The van der Waals surface area contributed by atoms with E-state index in [-0.39, 0.29) is 11.9 Å². The monoisotopic (exact) mass is 345 g/mol. The van der Waals surface area contributed by atoms with E-state index in [1.165, 1.54) is 0 Å². The van der Waals surface area contributed by atoms with E-state index in [4.69, 9.17) is 4.74 Å². The first-order valence-corrected chi connectivity index (χ1v) is 8.89. The van der Waals surface area contributed by atoms with Gasteiger partial charge in [0.25, 0.3) is 5.91 Å². The van der Waals surface area contributed by atoms with Crippen molar-refractivity contribution in [3.8, 4) is 0 Å². The molecular weight excluding hydrogens is 322 g/mol. The van der Waals surface area contributed by atoms with Gasteiger partial charge >= 0.3 is 0 Å². The van der Waals surface area contributed by atoms with Gasteiger partial charge in [0.2, 0.25) is 5.82 Å². The maximum absolute atomic E-state index is 12.6. The van der Waals surface area contributed by atoms with Gasteiger partial charge in [0.15, 0.2) is 5.82 Å². The molecule has 1 N–H and O–H groups in total. The molecule has 134 valence electrons. The Morgan fingerprint density at radius 2 is 1.92 bits per heavy atom. The fraction of sp³-hybridized carbons (Fsp3) is 0.688. The largest absolute Gasteiger partial charge is 0.377 e. The molecule has 0 fully saturated rings. The van der Waals surface area contributed by atoms with Crippen LogP contribution in [-0.2, 0) is 37.3 Å². The van der Waals surface area contributed by atoms with Crippen molar-refractivity contribution in [1.29, 1.82) is 0 Å². The number of hydrogen-bond donors (Lipinski definition) is 1. The summed E-state index contributed by atoms with van der Waals surface area (Å²) in [6.45, 7) is 2.07. The van der Waals surface area contributed by atoms with Crippen molar-refractivity contribution >= 4 is 5.91 Å². The van der Waals surface area contributed by atoms with Gasteiger partial charge in [-0.05, 0) is 25.7 Å². The van der Waals surface area contributed by atoms with Crippen LogP contribution in [0.2, 0.25) is 0 Å². The Morgan fingerprint density at radius 3 is 2.80 bits per heavy atom. The molecule has 4 rings (SSSR count). The predicted molar refractivity (Wildman–Crippen MR) is 87.9 cm³/mol. The van der Waals surface area contributed by atoms with Gasteiger partial charge in [-0.3, -0.25) is 4.79 Å². The van der Waals surface area contributed by atoms with Crippen LogP contribution in [0.25, 0.3) is 0 Å². The summed E-state index contributed by atoms with van der Waals surface area (Å²) in [5.74, 6) is 3.05. The van der Waals surface area contributed by atoms with E-state index in [1.54, 1.807) is 7.11 Å². The fourth-order valence-corrected chi connectivity index (χ4v) is 3.65.